The fraction of sp³-hybridized carbons (Fsp3) is 0.0769. The lowest BCUT2D eigenvalue weighted by atomic mass is 10.4. The van der Waals surface area contributed by atoms with Crippen LogP contribution in [0, 0.1) is 0 Å². The van der Waals surface area contributed by atoms with Crippen LogP contribution >= 0.6 is 0 Å². The first kappa shape index (κ1) is 14.3. The minimum atomic E-state index is -0.483. The maximum Gasteiger partial charge on any atom is 0.307 e. The van der Waals surface area contributed by atoms with E-state index in [-0.39, 0.29) is 11.5 Å². The van der Waals surface area contributed by atoms with Crippen LogP contribution in [-0.4, -0.2) is 23.7 Å². The van der Waals surface area contributed by atoms with E-state index in [1.54, 1.807) is 19.1 Å². The van der Waals surface area contributed by atoms with Crippen molar-refractivity contribution in [1.82, 2.24) is 10.9 Å². The van der Waals surface area contributed by atoms with Gasteiger partial charge in [0.05, 0.1) is 24.5 Å². The lowest BCUT2D eigenvalue weighted by molar-refractivity contribution is 0.0919. The number of carbonyl (C=O) groups is 2. The normalized spacial score (nSPS) is 11.6. The highest BCUT2D eigenvalue weighted by Crippen LogP contribution is 1.99. The summed E-state index contributed by atoms with van der Waals surface area (Å²) in [4.78, 5) is 23.0. The Hall–Kier alpha value is -3.16. The highest BCUT2D eigenvalue weighted by atomic mass is 16.3. The molecule has 8 nitrogen and oxygen atoms in total. The largest absolute Gasteiger partial charge is 0.459 e. The lowest BCUT2D eigenvalue weighted by Crippen LogP contribution is -2.20. The third-order valence-corrected chi connectivity index (χ3v) is 2.24. The molecule has 21 heavy (non-hydrogen) atoms. The molecule has 0 fully saturated rings. The van der Waals surface area contributed by atoms with E-state index in [4.69, 9.17) is 8.83 Å². The number of nitrogens with zero attached hydrogens (tertiary/aromatic N) is 2. The van der Waals surface area contributed by atoms with Gasteiger partial charge in [0.15, 0.2) is 11.5 Å². The van der Waals surface area contributed by atoms with E-state index in [0.29, 0.717) is 5.71 Å². The smallest absolute Gasteiger partial charge is 0.307 e. The number of hydrogen-bond donors (Lipinski definition) is 2. The molecule has 0 bridgehead atoms. The van der Waals surface area contributed by atoms with Gasteiger partial charge in [0.2, 0.25) is 0 Å². The molecule has 0 radical (unpaired) electrons. The summed E-state index contributed by atoms with van der Waals surface area (Å²) in [6, 6.07) is 6.21. The Morgan fingerprint density at radius 3 is 2.14 bits per heavy atom. The Morgan fingerprint density at radius 2 is 1.62 bits per heavy atom. The van der Waals surface area contributed by atoms with E-state index in [1.165, 1.54) is 30.9 Å². The average molecular weight is 288 g/mol. The highest BCUT2D eigenvalue weighted by Gasteiger charge is 2.07. The summed E-state index contributed by atoms with van der Waals surface area (Å²) in [7, 11) is 0. The van der Waals surface area contributed by atoms with E-state index in [1.807, 2.05) is 0 Å². The SMILES string of the molecule is CC(C=NNC(=O)c1ccco1)=NNC(=O)c1ccco1. The molecule has 0 aromatic carbocycles. The standard InChI is InChI=1S/C13H12N4O4/c1-9(15-17-13(19)11-5-3-7-21-11)8-14-16-12(18)10-4-2-6-20-10/h2-8H,1H3,(H,16,18)(H,17,19). The highest BCUT2D eigenvalue weighted by molar-refractivity contribution is 6.29. The third kappa shape index (κ3) is 4.16. The Labute approximate surface area is 119 Å². The number of hydrogen-bond acceptors (Lipinski definition) is 6. The molecule has 108 valence electrons. The molecule has 2 aromatic heterocycles. The number of carbonyl (C=O) groups excluding carboxylic acids is 2. The van der Waals surface area contributed by atoms with Crippen LogP contribution in [-0.2, 0) is 0 Å². The minimum absolute atomic E-state index is 0.146. The van der Waals surface area contributed by atoms with Gasteiger partial charge in [-0.05, 0) is 31.2 Å². The second kappa shape index (κ2) is 6.85. The third-order valence-electron chi connectivity index (χ3n) is 2.24. The number of amides is 2. The molecular formula is C13H12N4O4. The number of rotatable bonds is 5. The number of hydrazone groups is 2. The monoisotopic (exact) mass is 288 g/mol. The maximum atomic E-state index is 11.5. The van der Waals surface area contributed by atoms with Crippen molar-refractivity contribution in [3.05, 3.63) is 48.3 Å². The summed E-state index contributed by atoms with van der Waals surface area (Å²) in [6.45, 7) is 1.60. The van der Waals surface area contributed by atoms with Crippen molar-refractivity contribution in [1.29, 1.82) is 0 Å². The van der Waals surface area contributed by atoms with Gasteiger partial charge in [0, 0.05) is 0 Å². The zero-order valence-corrected chi connectivity index (χ0v) is 11.1. The first-order valence-corrected chi connectivity index (χ1v) is 5.92. The first-order valence-electron chi connectivity index (χ1n) is 5.92. The van der Waals surface area contributed by atoms with Crippen molar-refractivity contribution in [2.75, 3.05) is 0 Å². The molecule has 2 amide bonds. The second-order valence-corrected chi connectivity index (χ2v) is 3.85. The molecule has 0 aliphatic rings. The van der Waals surface area contributed by atoms with Gasteiger partial charge >= 0.3 is 11.8 Å². The van der Waals surface area contributed by atoms with Gasteiger partial charge < -0.3 is 8.83 Å². The van der Waals surface area contributed by atoms with E-state index < -0.39 is 11.8 Å². The van der Waals surface area contributed by atoms with Crippen LogP contribution in [0.1, 0.15) is 28.0 Å². The van der Waals surface area contributed by atoms with Gasteiger partial charge in [-0.15, -0.1) is 0 Å². The molecular weight excluding hydrogens is 276 g/mol. The first-order chi connectivity index (χ1) is 10.2. The quantitative estimate of drug-likeness (QED) is 0.640. The Kier molecular flexibility index (Phi) is 4.65. The van der Waals surface area contributed by atoms with Crippen molar-refractivity contribution < 1.29 is 18.4 Å². The number of furan rings is 2. The van der Waals surface area contributed by atoms with Crippen LogP contribution in [0.4, 0.5) is 0 Å². The minimum Gasteiger partial charge on any atom is -0.459 e. The van der Waals surface area contributed by atoms with Crippen LogP contribution in [0.25, 0.3) is 0 Å². The molecule has 8 heteroatoms. The fourth-order valence-electron chi connectivity index (χ4n) is 1.28. The van der Waals surface area contributed by atoms with Crippen molar-refractivity contribution >= 4 is 23.7 Å². The van der Waals surface area contributed by atoms with Crippen LogP contribution in [0.5, 0.6) is 0 Å². The van der Waals surface area contributed by atoms with Gasteiger partial charge in [-0.3, -0.25) is 9.59 Å². The molecule has 2 rings (SSSR count). The molecule has 0 unspecified atom stereocenters. The lowest BCUT2D eigenvalue weighted by Gasteiger charge is -1.97. The van der Waals surface area contributed by atoms with E-state index in [0.717, 1.165) is 0 Å². The van der Waals surface area contributed by atoms with Gasteiger partial charge in [-0.25, -0.2) is 10.9 Å². The summed E-state index contributed by atoms with van der Waals surface area (Å²) in [6.07, 6.45) is 4.05. The van der Waals surface area contributed by atoms with Gasteiger partial charge in [-0.1, -0.05) is 0 Å². The van der Waals surface area contributed by atoms with Gasteiger partial charge in [-0.2, -0.15) is 10.2 Å². The Morgan fingerprint density at radius 1 is 1.05 bits per heavy atom. The zero-order chi connectivity index (χ0) is 15.1. The predicted octanol–water partition coefficient (Wildman–Crippen LogP) is 1.39. The van der Waals surface area contributed by atoms with Crippen LogP contribution in [0.2, 0.25) is 0 Å². The van der Waals surface area contributed by atoms with Crippen LogP contribution in [0.3, 0.4) is 0 Å². The molecule has 0 spiro atoms. The summed E-state index contributed by atoms with van der Waals surface area (Å²) < 4.78 is 9.79. The molecule has 0 aliphatic carbocycles. The van der Waals surface area contributed by atoms with E-state index in [9.17, 15) is 9.59 Å². The molecule has 0 saturated carbocycles. The summed E-state index contributed by atoms with van der Waals surface area (Å²) in [5, 5.41) is 7.45. The Balaban J connectivity index is 1.82. The molecule has 0 aliphatic heterocycles. The van der Waals surface area contributed by atoms with Crippen LogP contribution in [0.15, 0.2) is 55.8 Å². The number of nitrogens with one attached hydrogen (secondary N) is 2. The molecule has 0 saturated heterocycles. The molecule has 2 aromatic rings. The van der Waals surface area contributed by atoms with Crippen molar-refractivity contribution in [3.8, 4) is 0 Å². The molecule has 0 atom stereocenters. The van der Waals surface area contributed by atoms with Crippen molar-refractivity contribution in [2.24, 2.45) is 10.2 Å². The molecule has 2 heterocycles. The van der Waals surface area contributed by atoms with Crippen LogP contribution < -0.4 is 10.9 Å². The van der Waals surface area contributed by atoms with Gasteiger partial charge in [0.1, 0.15) is 0 Å². The van der Waals surface area contributed by atoms with Crippen molar-refractivity contribution in [2.45, 2.75) is 6.92 Å². The van der Waals surface area contributed by atoms with E-state index in [2.05, 4.69) is 21.1 Å². The maximum absolute atomic E-state index is 11.5. The summed E-state index contributed by atoms with van der Waals surface area (Å²) in [5.41, 5.74) is 4.92. The predicted molar refractivity (Wildman–Crippen MR) is 73.9 cm³/mol. The zero-order valence-electron chi connectivity index (χ0n) is 11.1. The molecule has 2 N–H and O–H groups in total. The fourth-order valence-corrected chi connectivity index (χ4v) is 1.28. The topological polar surface area (TPSA) is 109 Å². The van der Waals surface area contributed by atoms with Gasteiger partial charge in [0.25, 0.3) is 0 Å². The second-order valence-electron chi connectivity index (χ2n) is 3.85. The summed E-state index contributed by atoms with van der Waals surface area (Å²) in [5.74, 6) is -0.668. The average Bonchev–Trinajstić information content (AvgIpc) is 3.16. The van der Waals surface area contributed by atoms with E-state index >= 15 is 0 Å². The summed E-state index contributed by atoms with van der Waals surface area (Å²) >= 11 is 0. The van der Waals surface area contributed by atoms with Crippen molar-refractivity contribution in [3.63, 3.8) is 0 Å². The Bertz CT molecular complexity index is 656.